The number of halogens is 3. The molecule has 2 amide bonds. The Morgan fingerprint density at radius 2 is 1.83 bits per heavy atom. The second-order valence-corrected chi connectivity index (χ2v) is 4.89. The van der Waals surface area contributed by atoms with E-state index in [0.717, 1.165) is 12.1 Å². The van der Waals surface area contributed by atoms with Crippen LogP contribution in [0.25, 0.3) is 11.3 Å². The number of carbonyl (C=O) groups is 2. The molecule has 0 fully saturated rings. The summed E-state index contributed by atoms with van der Waals surface area (Å²) in [6.45, 7) is 1.25. The molecule has 0 aliphatic rings. The average Bonchev–Trinajstić information content (AvgIpc) is 2.93. The van der Waals surface area contributed by atoms with Gasteiger partial charge in [0.05, 0.1) is 12.1 Å². The van der Waals surface area contributed by atoms with E-state index in [2.05, 4.69) is 15.8 Å². The van der Waals surface area contributed by atoms with Crippen LogP contribution in [0, 0.1) is 6.92 Å². The monoisotopic (exact) mass is 341 g/mol. The molecule has 2 rings (SSSR count). The molecular weight excluding hydrogens is 327 g/mol. The molecule has 0 saturated heterocycles. The maximum atomic E-state index is 12.6. The number of amides is 2. The number of hydrogen-bond acceptors (Lipinski definition) is 4. The summed E-state index contributed by atoms with van der Waals surface area (Å²) in [5.74, 6) is -0.805. The minimum absolute atomic E-state index is 0.0682. The normalized spacial score (nSPS) is 11.2. The molecule has 0 unspecified atom stereocenters. The van der Waals surface area contributed by atoms with Gasteiger partial charge in [-0.25, -0.2) is 0 Å². The number of likely N-dealkylation sites (N-methyl/N-ethyl adjacent to an activating group) is 1. The van der Waals surface area contributed by atoms with Crippen molar-refractivity contribution in [3.63, 3.8) is 0 Å². The first-order chi connectivity index (χ1) is 11.2. The summed E-state index contributed by atoms with van der Waals surface area (Å²) in [5.41, 5.74) is -0.337. The molecule has 0 spiro atoms. The number of carbonyl (C=O) groups excluding carboxylic acids is 2. The number of hydrogen-bond donors (Lipinski definition) is 2. The first kappa shape index (κ1) is 17.5. The molecule has 0 atom stereocenters. The van der Waals surface area contributed by atoms with E-state index in [0.29, 0.717) is 5.56 Å². The summed E-state index contributed by atoms with van der Waals surface area (Å²) in [6.07, 6.45) is -4.45. The number of aryl methyl sites for hydroxylation is 1. The molecular formula is C15H14F3N3O3. The summed E-state index contributed by atoms with van der Waals surface area (Å²) in [6, 6.07) is 4.20. The fourth-order valence-corrected chi connectivity index (χ4v) is 1.99. The van der Waals surface area contributed by atoms with Crippen molar-refractivity contribution in [3.05, 3.63) is 41.2 Å². The van der Waals surface area contributed by atoms with Crippen LogP contribution >= 0.6 is 0 Å². The van der Waals surface area contributed by atoms with E-state index in [9.17, 15) is 22.8 Å². The van der Waals surface area contributed by atoms with Crippen LogP contribution in [0.4, 0.5) is 13.2 Å². The summed E-state index contributed by atoms with van der Waals surface area (Å²) in [5, 5.41) is 8.47. The Bertz CT molecular complexity index is 752. The second kappa shape index (κ2) is 6.73. The van der Waals surface area contributed by atoms with E-state index in [1.807, 2.05) is 0 Å². The topological polar surface area (TPSA) is 84.2 Å². The zero-order valence-corrected chi connectivity index (χ0v) is 12.8. The number of rotatable bonds is 4. The lowest BCUT2D eigenvalue weighted by atomic mass is 10.0. The number of nitrogens with one attached hydrogen (secondary N) is 2. The molecule has 0 saturated carbocycles. The summed E-state index contributed by atoms with van der Waals surface area (Å²) in [4.78, 5) is 23.4. The predicted octanol–water partition coefficient (Wildman–Crippen LogP) is 2.14. The van der Waals surface area contributed by atoms with Crippen LogP contribution in [0.2, 0.25) is 0 Å². The van der Waals surface area contributed by atoms with Gasteiger partial charge in [0, 0.05) is 12.6 Å². The largest absolute Gasteiger partial charge is 0.416 e. The lowest BCUT2D eigenvalue weighted by Gasteiger charge is -2.08. The van der Waals surface area contributed by atoms with Gasteiger partial charge >= 0.3 is 6.18 Å². The molecule has 2 N–H and O–H groups in total. The molecule has 128 valence electrons. The van der Waals surface area contributed by atoms with E-state index in [1.54, 1.807) is 0 Å². The van der Waals surface area contributed by atoms with E-state index in [4.69, 9.17) is 4.52 Å². The molecule has 9 heteroatoms. The fourth-order valence-electron chi connectivity index (χ4n) is 1.99. The van der Waals surface area contributed by atoms with Crippen molar-refractivity contribution < 1.29 is 27.3 Å². The fraction of sp³-hybridized carbons (Fsp3) is 0.267. The lowest BCUT2D eigenvalue weighted by molar-refractivity contribution is -0.137. The average molecular weight is 341 g/mol. The van der Waals surface area contributed by atoms with Gasteiger partial charge in [-0.05, 0) is 19.1 Å². The molecule has 0 radical (unpaired) electrons. The highest BCUT2D eigenvalue weighted by atomic mass is 19.4. The molecule has 1 aromatic heterocycles. The minimum atomic E-state index is -4.45. The highest BCUT2D eigenvalue weighted by Crippen LogP contribution is 2.32. The molecule has 2 aromatic rings. The van der Waals surface area contributed by atoms with Crippen LogP contribution < -0.4 is 10.6 Å². The third-order valence-corrected chi connectivity index (χ3v) is 3.26. The van der Waals surface area contributed by atoms with Crippen molar-refractivity contribution in [2.45, 2.75) is 13.1 Å². The van der Waals surface area contributed by atoms with Gasteiger partial charge in [-0.1, -0.05) is 17.3 Å². The lowest BCUT2D eigenvalue weighted by Crippen LogP contribution is -2.35. The summed E-state index contributed by atoms with van der Waals surface area (Å²) >= 11 is 0. The van der Waals surface area contributed by atoms with Crippen molar-refractivity contribution in [2.24, 2.45) is 0 Å². The zero-order valence-electron chi connectivity index (χ0n) is 12.8. The predicted molar refractivity (Wildman–Crippen MR) is 78.1 cm³/mol. The SMILES string of the molecule is CNC(=O)CNC(=O)c1c(-c2ccc(C(F)(F)F)cc2)noc1C. The van der Waals surface area contributed by atoms with E-state index >= 15 is 0 Å². The first-order valence-corrected chi connectivity index (χ1v) is 6.86. The van der Waals surface area contributed by atoms with E-state index in [-0.39, 0.29) is 23.6 Å². The smallest absolute Gasteiger partial charge is 0.360 e. The van der Waals surface area contributed by atoms with Crippen molar-refractivity contribution in [3.8, 4) is 11.3 Å². The Morgan fingerprint density at radius 3 is 2.38 bits per heavy atom. The third kappa shape index (κ3) is 3.73. The Labute approximate surface area is 135 Å². The number of nitrogens with zero attached hydrogens (tertiary/aromatic N) is 1. The van der Waals surface area contributed by atoms with Crippen molar-refractivity contribution in [1.82, 2.24) is 15.8 Å². The molecule has 0 bridgehead atoms. The first-order valence-electron chi connectivity index (χ1n) is 6.86. The number of alkyl halides is 3. The minimum Gasteiger partial charge on any atom is -0.360 e. The van der Waals surface area contributed by atoms with Gasteiger partial charge in [-0.3, -0.25) is 9.59 Å². The molecule has 0 aliphatic carbocycles. The van der Waals surface area contributed by atoms with Gasteiger partial charge < -0.3 is 15.2 Å². The Hall–Kier alpha value is -2.84. The van der Waals surface area contributed by atoms with E-state index in [1.165, 1.54) is 26.1 Å². The number of benzene rings is 1. The van der Waals surface area contributed by atoms with Gasteiger partial charge in [-0.2, -0.15) is 13.2 Å². The van der Waals surface area contributed by atoms with Gasteiger partial charge in [0.25, 0.3) is 5.91 Å². The quantitative estimate of drug-likeness (QED) is 0.892. The maximum absolute atomic E-state index is 12.6. The number of aromatic nitrogens is 1. The highest BCUT2D eigenvalue weighted by molar-refractivity contribution is 6.02. The van der Waals surface area contributed by atoms with Gasteiger partial charge in [0.15, 0.2) is 0 Å². The Balaban J connectivity index is 2.29. The van der Waals surface area contributed by atoms with Crippen LogP contribution in [0.15, 0.2) is 28.8 Å². The highest BCUT2D eigenvalue weighted by Gasteiger charge is 2.30. The van der Waals surface area contributed by atoms with Crippen molar-refractivity contribution in [2.75, 3.05) is 13.6 Å². The van der Waals surface area contributed by atoms with Gasteiger partial charge in [0.2, 0.25) is 5.91 Å². The van der Waals surface area contributed by atoms with Gasteiger partial charge in [0.1, 0.15) is 17.0 Å². The van der Waals surface area contributed by atoms with Crippen LogP contribution in [0.1, 0.15) is 21.7 Å². The van der Waals surface area contributed by atoms with Crippen LogP contribution in [-0.4, -0.2) is 30.6 Å². The third-order valence-electron chi connectivity index (χ3n) is 3.26. The molecule has 0 aliphatic heterocycles. The molecule has 1 heterocycles. The molecule has 1 aromatic carbocycles. The maximum Gasteiger partial charge on any atom is 0.416 e. The van der Waals surface area contributed by atoms with Crippen LogP contribution in [0.5, 0.6) is 0 Å². The van der Waals surface area contributed by atoms with Crippen molar-refractivity contribution in [1.29, 1.82) is 0 Å². The summed E-state index contributed by atoms with van der Waals surface area (Å²) in [7, 11) is 1.42. The second-order valence-electron chi connectivity index (χ2n) is 4.89. The van der Waals surface area contributed by atoms with Gasteiger partial charge in [-0.15, -0.1) is 0 Å². The Morgan fingerprint density at radius 1 is 1.21 bits per heavy atom. The summed E-state index contributed by atoms with van der Waals surface area (Å²) < 4.78 is 42.8. The zero-order chi connectivity index (χ0) is 17.9. The molecule has 24 heavy (non-hydrogen) atoms. The van der Waals surface area contributed by atoms with E-state index < -0.39 is 23.6 Å². The molecule has 6 nitrogen and oxygen atoms in total. The standard InChI is InChI=1S/C15H14F3N3O3/c1-8-12(14(23)20-7-11(22)19-2)13(21-24-8)9-3-5-10(6-4-9)15(16,17)18/h3-6H,7H2,1-2H3,(H,19,22)(H,20,23). The van der Waals surface area contributed by atoms with Crippen LogP contribution in [-0.2, 0) is 11.0 Å². The van der Waals surface area contributed by atoms with Crippen LogP contribution in [0.3, 0.4) is 0 Å². The van der Waals surface area contributed by atoms with Crippen molar-refractivity contribution >= 4 is 11.8 Å². The Kier molecular flexibility index (Phi) is 4.91.